The monoisotopic (exact) mass is 452 g/mol. The first kappa shape index (κ1) is 21.7. The van der Waals surface area contributed by atoms with Crippen molar-refractivity contribution in [3.05, 3.63) is 64.9 Å². The molecule has 3 aromatic rings. The number of anilines is 1. The topological polar surface area (TPSA) is 101 Å². The number of rotatable bonds is 8. The summed E-state index contributed by atoms with van der Waals surface area (Å²) in [6, 6.07) is 11.0. The number of ether oxygens (including phenoxy) is 1. The van der Waals surface area contributed by atoms with E-state index >= 15 is 0 Å². The summed E-state index contributed by atoms with van der Waals surface area (Å²) in [5, 5.41) is 5.41. The highest BCUT2D eigenvalue weighted by atomic mass is 32.1. The van der Waals surface area contributed by atoms with Crippen molar-refractivity contribution in [2.45, 2.75) is 6.42 Å². The Bertz CT molecular complexity index is 1020. The van der Waals surface area contributed by atoms with Gasteiger partial charge in [-0.05, 0) is 18.2 Å². The molecule has 4 rings (SSSR count). The maximum Gasteiger partial charge on any atom is 0.273 e. The predicted molar refractivity (Wildman–Crippen MR) is 121 cm³/mol. The maximum atomic E-state index is 12.8. The van der Waals surface area contributed by atoms with Crippen LogP contribution in [0.15, 0.2) is 54.2 Å². The summed E-state index contributed by atoms with van der Waals surface area (Å²) in [6.07, 6.45) is 4.00. The molecule has 1 saturated heterocycles. The van der Waals surface area contributed by atoms with Gasteiger partial charge in [-0.25, -0.2) is 15.0 Å². The number of hydrogen-bond donors (Lipinski definition) is 1. The van der Waals surface area contributed by atoms with Gasteiger partial charge >= 0.3 is 0 Å². The number of benzene rings is 1. The molecule has 32 heavy (non-hydrogen) atoms. The van der Waals surface area contributed by atoms with Crippen LogP contribution in [0.4, 0.5) is 5.95 Å². The molecule has 1 aromatic carbocycles. The normalized spacial score (nSPS) is 13.6. The number of amides is 2. The summed E-state index contributed by atoms with van der Waals surface area (Å²) in [4.78, 5) is 41.6. The number of carbonyl (C=O) groups excluding carboxylic acids is 2. The van der Waals surface area contributed by atoms with Crippen LogP contribution >= 0.6 is 11.3 Å². The lowest BCUT2D eigenvalue weighted by Gasteiger charge is -2.34. The van der Waals surface area contributed by atoms with Crippen molar-refractivity contribution in [3.63, 3.8) is 0 Å². The van der Waals surface area contributed by atoms with Gasteiger partial charge in [-0.2, -0.15) is 0 Å². The van der Waals surface area contributed by atoms with Gasteiger partial charge in [0.05, 0.1) is 5.01 Å². The number of aromatic nitrogens is 3. The van der Waals surface area contributed by atoms with E-state index in [2.05, 4.69) is 25.2 Å². The highest BCUT2D eigenvalue weighted by Gasteiger charge is 2.24. The molecule has 0 radical (unpaired) electrons. The molecule has 2 amide bonds. The number of carbonyl (C=O) groups is 2. The van der Waals surface area contributed by atoms with Gasteiger partial charge < -0.3 is 19.9 Å². The van der Waals surface area contributed by atoms with Gasteiger partial charge in [-0.1, -0.05) is 18.2 Å². The third-order valence-corrected chi connectivity index (χ3v) is 5.86. The lowest BCUT2D eigenvalue weighted by molar-refractivity contribution is -0.123. The van der Waals surface area contributed by atoms with Gasteiger partial charge in [0, 0.05) is 56.9 Å². The first-order valence-corrected chi connectivity index (χ1v) is 11.3. The number of para-hydroxylation sites is 1. The quantitative estimate of drug-likeness (QED) is 0.554. The Morgan fingerprint density at radius 3 is 2.53 bits per heavy atom. The fourth-order valence-corrected chi connectivity index (χ4v) is 4.05. The average molecular weight is 453 g/mol. The molecule has 9 nitrogen and oxygen atoms in total. The molecule has 1 aliphatic rings. The number of piperazine rings is 1. The smallest absolute Gasteiger partial charge is 0.273 e. The Labute approximate surface area is 190 Å². The number of nitrogens with zero attached hydrogens (tertiary/aromatic N) is 5. The zero-order valence-electron chi connectivity index (χ0n) is 17.5. The number of nitrogens with one attached hydrogen (secondary N) is 1. The Balaban J connectivity index is 1.19. The van der Waals surface area contributed by atoms with Gasteiger partial charge in [0.1, 0.15) is 11.4 Å². The largest absolute Gasteiger partial charge is 0.484 e. The Hall–Kier alpha value is -3.53. The zero-order chi connectivity index (χ0) is 22.2. The van der Waals surface area contributed by atoms with Gasteiger partial charge in [0.25, 0.3) is 11.8 Å². The Morgan fingerprint density at radius 1 is 1.03 bits per heavy atom. The van der Waals surface area contributed by atoms with Crippen molar-refractivity contribution in [3.8, 4) is 5.75 Å². The lowest BCUT2D eigenvalue weighted by Crippen LogP contribution is -2.49. The molecule has 0 atom stereocenters. The van der Waals surface area contributed by atoms with E-state index in [4.69, 9.17) is 4.74 Å². The van der Waals surface area contributed by atoms with Crippen LogP contribution in [0.3, 0.4) is 0 Å². The predicted octanol–water partition coefficient (Wildman–Crippen LogP) is 1.63. The van der Waals surface area contributed by atoms with Gasteiger partial charge in [-0.15, -0.1) is 11.3 Å². The molecule has 0 bridgehead atoms. The van der Waals surface area contributed by atoms with E-state index in [0.29, 0.717) is 56.5 Å². The molecule has 0 aliphatic carbocycles. The van der Waals surface area contributed by atoms with Crippen LogP contribution in [-0.4, -0.2) is 71.0 Å². The number of thiazole rings is 1. The van der Waals surface area contributed by atoms with Gasteiger partial charge in [0.15, 0.2) is 6.61 Å². The summed E-state index contributed by atoms with van der Waals surface area (Å²) in [5.74, 6) is 1.08. The van der Waals surface area contributed by atoms with Crippen LogP contribution in [0.25, 0.3) is 0 Å². The Morgan fingerprint density at radius 2 is 1.78 bits per heavy atom. The van der Waals surface area contributed by atoms with Crippen LogP contribution < -0.4 is 15.0 Å². The van der Waals surface area contributed by atoms with Crippen LogP contribution in [-0.2, 0) is 11.2 Å². The van der Waals surface area contributed by atoms with Crippen LogP contribution in [0, 0.1) is 0 Å². The highest BCUT2D eigenvalue weighted by molar-refractivity contribution is 7.09. The van der Waals surface area contributed by atoms with E-state index in [0.717, 1.165) is 5.01 Å². The molecule has 10 heteroatoms. The maximum absolute atomic E-state index is 12.8. The number of hydrogen-bond acceptors (Lipinski definition) is 8. The average Bonchev–Trinajstić information content (AvgIpc) is 3.32. The van der Waals surface area contributed by atoms with E-state index < -0.39 is 0 Å². The molecule has 3 heterocycles. The summed E-state index contributed by atoms with van der Waals surface area (Å²) >= 11 is 1.43. The Kier molecular flexibility index (Phi) is 7.23. The van der Waals surface area contributed by atoms with Crippen LogP contribution in [0.5, 0.6) is 5.75 Å². The highest BCUT2D eigenvalue weighted by Crippen LogP contribution is 2.15. The van der Waals surface area contributed by atoms with Crippen molar-refractivity contribution in [2.75, 3.05) is 44.2 Å². The second-order valence-corrected chi connectivity index (χ2v) is 8.10. The molecule has 1 fully saturated rings. The first-order valence-electron chi connectivity index (χ1n) is 10.4. The summed E-state index contributed by atoms with van der Waals surface area (Å²) < 4.78 is 5.42. The second kappa shape index (κ2) is 10.7. The summed E-state index contributed by atoms with van der Waals surface area (Å²) in [5.41, 5.74) is 0.452. The third kappa shape index (κ3) is 5.79. The lowest BCUT2D eigenvalue weighted by atomic mass is 10.3. The van der Waals surface area contributed by atoms with Crippen LogP contribution in [0.2, 0.25) is 0 Å². The molecule has 0 saturated carbocycles. The zero-order valence-corrected chi connectivity index (χ0v) is 18.3. The van der Waals surface area contributed by atoms with Gasteiger partial charge in [-0.3, -0.25) is 9.59 Å². The van der Waals surface area contributed by atoms with Crippen molar-refractivity contribution in [1.82, 2.24) is 25.2 Å². The fourth-order valence-electron chi connectivity index (χ4n) is 3.28. The van der Waals surface area contributed by atoms with Crippen molar-refractivity contribution < 1.29 is 14.3 Å². The van der Waals surface area contributed by atoms with Crippen molar-refractivity contribution >= 4 is 29.1 Å². The molecule has 1 aliphatic heterocycles. The second-order valence-electron chi connectivity index (χ2n) is 7.16. The standard InChI is InChI=1S/C22H24N6O3S/c29-19(15-31-17-5-2-1-3-6-17)23-10-7-20-26-18(16-32-20)21(30)27-11-13-28(14-12-27)22-24-8-4-9-25-22/h1-6,8-9,16H,7,10-15H2,(H,23,29). The van der Waals surface area contributed by atoms with E-state index in [9.17, 15) is 9.59 Å². The molecule has 2 aromatic heterocycles. The summed E-state index contributed by atoms with van der Waals surface area (Å²) in [7, 11) is 0. The molecular weight excluding hydrogens is 428 g/mol. The minimum atomic E-state index is -0.193. The minimum absolute atomic E-state index is 0.0361. The van der Waals surface area contributed by atoms with Crippen molar-refractivity contribution in [2.24, 2.45) is 0 Å². The van der Waals surface area contributed by atoms with Gasteiger partial charge in [0.2, 0.25) is 5.95 Å². The molecule has 0 unspecified atom stereocenters. The molecule has 166 valence electrons. The fraction of sp³-hybridized carbons (Fsp3) is 0.318. The molecule has 1 N–H and O–H groups in total. The molecular formula is C22H24N6O3S. The van der Waals surface area contributed by atoms with E-state index in [1.165, 1.54) is 11.3 Å². The summed E-state index contributed by atoms with van der Waals surface area (Å²) in [6.45, 7) is 2.97. The van der Waals surface area contributed by atoms with E-state index in [1.807, 2.05) is 18.2 Å². The van der Waals surface area contributed by atoms with E-state index in [-0.39, 0.29) is 18.4 Å². The third-order valence-electron chi connectivity index (χ3n) is 4.95. The minimum Gasteiger partial charge on any atom is -0.484 e. The molecule has 0 spiro atoms. The van der Waals surface area contributed by atoms with Crippen molar-refractivity contribution in [1.29, 1.82) is 0 Å². The SMILES string of the molecule is O=C(COc1ccccc1)NCCc1nc(C(=O)N2CCN(c3ncccn3)CC2)cs1. The van der Waals surface area contributed by atoms with Crippen LogP contribution in [0.1, 0.15) is 15.5 Å². The van der Waals surface area contributed by atoms with E-state index in [1.54, 1.807) is 40.9 Å². The first-order chi connectivity index (χ1) is 15.7.